The molecule has 0 saturated heterocycles. The Hall–Kier alpha value is -2.76. The first-order valence-electron chi connectivity index (χ1n) is 6.59. The van der Waals surface area contributed by atoms with E-state index in [0.717, 1.165) is 11.1 Å². The van der Waals surface area contributed by atoms with Crippen LogP contribution in [0.15, 0.2) is 24.3 Å². The van der Waals surface area contributed by atoms with E-state index in [2.05, 4.69) is 0 Å². The second-order valence-electron chi connectivity index (χ2n) is 4.56. The first-order valence-corrected chi connectivity index (χ1v) is 6.59. The van der Waals surface area contributed by atoms with Gasteiger partial charge in [0.15, 0.2) is 11.5 Å². The van der Waals surface area contributed by atoms with Crippen LogP contribution in [0.5, 0.6) is 23.0 Å². The van der Waals surface area contributed by atoms with Crippen LogP contribution >= 0.6 is 0 Å². The zero-order valence-corrected chi connectivity index (χ0v) is 13.1. The average Bonchev–Trinajstić information content (AvgIpc) is 2.54. The summed E-state index contributed by atoms with van der Waals surface area (Å²) >= 11 is 0. The summed E-state index contributed by atoms with van der Waals surface area (Å²) < 4.78 is 21.5. The van der Waals surface area contributed by atoms with E-state index in [9.17, 15) is 0 Å². The molecule has 22 heavy (non-hydrogen) atoms. The molecule has 0 aromatic heterocycles. The molecule has 0 bridgehead atoms. The first-order chi connectivity index (χ1) is 10.6. The van der Waals surface area contributed by atoms with Crippen LogP contribution in [0.1, 0.15) is 0 Å². The fourth-order valence-corrected chi connectivity index (χ4v) is 2.34. The van der Waals surface area contributed by atoms with Gasteiger partial charge in [0, 0.05) is 17.2 Å². The Bertz CT molecular complexity index is 686. The fraction of sp³-hybridized carbons (Fsp3) is 0.250. The molecule has 6 nitrogen and oxygen atoms in total. The van der Waals surface area contributed by atoms with E-state index in [4.69, 9.17) is 30.4 Å². The summed E-state index contributed by atoms with van der Waals surface area (Å²) in [6.45, 7) is 0. The lowest BCUT2D eigenvalue weighted by Crippen LogP contribution is -2.00. The summed E-state index contributed by atoms with van der Waals surface area (Å²) in [5.41, 5.74) is 14.4. The van der Waals surface area contributed by atoms with E-state index < -0.39 is 0 Å². The minimum Gasteiger partial charge on any atom is -0.496 e. The maximum atomic E-state index is 5.92. The third kappa shape index (κ3) is 2.55. The second-order valence-corrected chi connectivity index (χ2v) is 4.56. The smallest absolute Gasteiger partial charge is 0.184 e. The zero-order chi connectivity index (χ0) is 16.3. The molecule has 2 aromatic carbocycles. The molecule has 0 radical (unpaired) electrons. The standard InChI is InChI=1S/C16H20N2O4/c1-19-13-8-12(18)14(20-2)7-10(13)9-5-6-11(17)16(22-4)15(9)21-3/h5-8H,17-18H2,1-4H3. The van der Waals surface area contributed by atoms with Gasteiger partial charge < -0.3 is 30.4 Å². The Balaban J connectivity index is 2.76. The van der Waals surface area contributed by atoms with Crippen molar-refractivity contribution in [2.75, 3.05) is 39.9 Å². The zero-order valence-electron chi connectivity index (χ0n) is 13.1. The highest BCUT2D eigenvalue weighted by Crippen LogP contribution is 2.46. The van der Waals surface area contributed by atoms with E-state index in [1.807, 2.05) is 6.07 Å². The minimum absolute atomic E-state index is 0.470. The molecule has 4 N–H and O–H groups in total. The molecule has 2 aromatic rings. The Morgan fingerprint density at radius 1 is 0.636 bits per heavy atom. The predicted molar refractivity (Wildman–Crippen MR) is 86.9 cm³/mol. The van der Waals surface area contributed by atoms with Crippen molar-refractivity contribution in [2.24, 2.45) is 0 Å². The molecule has 0 aliphatic heterocycles. The van der Waals surface area contributed by atoms with Gasteiger partial charge in [-0.2, -0.15) is 0 Å². The largest absolute Gasteiger partial charge is 0.496 e. The number of nitrogens with two attached hydrogens (primary N) is 2. The number of methoxy groups -OCH3 is 4. The summed E-state index contributed by atoms with van der Waals surface area (Å²) in [5.74, 6) is 2.14. The number of ether oxygens (including phenoxy) is 4. The molecule has 0 fully saturated rings. The lowest BCUT2D eigenvalue weighted by Gasteiger charge is -2.18. The minimum atomic E-state index is 0.470. The van der Waals surface area contributed by atoms with Crippen molar-refractivity contribution >= 4 is 11.4 Å². The topological polar surface area (TPSA) is 89.0 Å². The fourth-order valence-electron chi connectivity index (χ4n) is 2.34. The van der Waals surface area contributed by atoms with Gasteiger partial charge in [-0.1, -0.05) is 0 Å². The normalized spacial score (nSPS) is 10.2. The van der Waals surface area contributed by atoms with Crippen molar-refractivity contribution in [3.63, 3.8) is 0 Å². The van der Waals surface area contributed by atoms with Crippen molar-refractivity contribution in [3.05, 3.63) is 24.3 Å². The molecule has 0 amide bonds. The Morgan fingerprint density at radius 3 is 1.82 bits per heavy atom. The number of hydrogen-bond donors (Lipinski definition) is 2. The van der Waals surface area contributed by atoms with E-state index in [1.54, 1.807) is 46.6 Å². The lowest BCUT2D eigenvalue weighted by atomic mass is 10.0. The Labute approximate surface area is 129 Å². The van der Waals surface area contributed by atoms with Gasteiger partial charge in [0.25, 0.3) is 0 Å². The molecular weight excluding hydrogens is 284 g/mol. The van der Waals surface area contributed by atoms with E-state index in [1.165, 1.54) is 0 Å². The molecule has 0 aliphatic rings. The SMILES string of the molecule is COc1cc(-c2ccc(N)c(OC)c2OC)c(OC)cc1N. The molecule has 0 saturated carbocycles. The van der Waals surface area contributed by atoms with Crippen molar-refractivity contribution in [3.8, 4) is 34.1 Å². The molecule has 0 spiro atoms. The van der Waals surface area contributed by atoms with Gasteiger partial charge in [0.2, 0.25) is 0 Å². The van der Waals surface area contributed by atoms with Gasteiger partial charge in [-0.05, 0) is 18.2 Å². The van der Waals surface area contributed by atoms with Crippen molar-refractivity contribution in [1.29, 1.82) is 0 Å². The molecule has 118 valence electrons. The third-order valence-electron chi connectivity index (χ3n) is 3.39. The van der Waals surface area contributed by atoms with Crippen LogP contribution in [0.25, 0.3) is 11.1 Å². The maximum Gasteiger partial charge on any atom is 0.184 e. The quantitative estimate of drug-likeness (QED) is 0.825. The van der Waals surface area contributed by atoms with Crippen LogP contribution in [-0.2, 0) is 0 Å². The number of nitrogen functional groups attached to an aromatic ring is 2. The molecule has 0 heterocycles. The molecule has 0 aliphatic carbocycles. The molecule has 0 unspecified atom stereocenters. The Morgan fingerprint density at radius 2 is 1.27 bits per heavy atom. The summed E-state index contributed by atoms with van der Waals surface area (Å²) in [5, 5.41) is 0. The van der Waals surface area contributed by atoms with Gasteiger partial charge in [-0.25, -0.2) is 0 Å². The van der Waals surface area contributed by atoms with Crippen LogP contribution in [0, 0.1) is 0 Å². The van der Waals surface area contributed by atoms with Crippen molar-refractivity contribution < 1.29 is 18.9 Å². The monoisotopic (exact) mass is 304 g/mol. The summed E-state index contributed by atoms with van der Waals surface area (Å²) in [6.07, 6.45) is 0. The molecule has 2 rings (SSSR count). The van der Waals surface area contributed by atoms with Crippen molar-refractivity contribution in [2.45, 2.75) is 0 Å². The predicted octanol–water partition coefficient (Wildman–Crippen LogP) is 2.55. The number of rotatable bonds is 5. The lowest BCUT2D eigenvalue weighted by molar-refractivity contribution is 0.357. The number of hydrogen-bond acceptors (Lipinski definition) is 6. The number of benzene rings is 2. The van der Waals surface area contributed by atoms with Gasteiger partial charge >= 0.3 is 0 Å². The van der Waals surface area contributed by atoms with Crippen LogP contribution in [0.4, 0.5) is 11.4 Å². The molecule has 0 atom stereocenters. The summed E-state index contributed by atoms with van der Waals surface area (Å²) in [6, 6.07) is 7.08. The van der Waals surface area contributed by atoms with Gasteiger partial charge in [-0.15, -0.1) is 0 Å². The summed E-state index contributed by atoms with van der Waals surface area (Å²) in [7, 11) is 6.23. The van der Waals surface area contributed by atoms with E-state index in [0.29, 0.717) is 34.4 Å². The van der Waals surface area contributed by atoms with E-state index >= 15 is 0 Å². The number of anilines is 2. The van der Waals surface area contributed by atoms with Crippen molar-refractivity contribution in [1.82, 2.24) is 0 Å². The Kier molecular flexibility index (Phi) is 4.50. The third-order valence-corrected chi connectivity index (χ3v) is 3.39. The first kappa shape index (κ1) is 15.6. The molecule has 6 heteroatoms. The highest BCUT2D eigenvalue weighted by molar-refractivity contribution is 5.84. The summed E-state index contributed by atoms with van der Waals surface area (Å²) in [4.78, 5) is 0. The van der Waals surface area contributed by atoms with Crippen LogP contribution in [-0.4, -0.2) is 28.4 Å². The van der Waals surface area contributed by atoms with Gasteiger partial charge in [0.05, 0.1) is 39.8 Å². The van der Waals surface area contributed by atoms with Crippen LogP contribution in [0.3, 0.4) is 0 Å². The van der Waals surface area contributed by atoms with Crippen LogP contribution in [0.2, 0.25) is 0 Å². The maximum absolute atomic E-state index is 5.92. The average molecular weight is 304 g/mol. The highest BCUT2D eigenvalue weighted by atomic mass is 16.5. The van der Waals surface area contributed by atoms with Gasteiger partial charge in [0.1, 0.15) is 11.5 Å². The highest BCUT2D eigenvalue weighted by Gasteiger charge is 2.19. The second kappa shape index (κ2) is 6.34. The molecular formula is C16H20N2O4. The van der Waals surface area contributed by atoms with Crippen LogP contribution < -0.4 is 30.4 Å². The van der Waals surface area contributed by atoms with E-state index in [-0.39, 0.29) is 0 Å². The van der Waals surface area contributed by atoms with Gasteiger partial charge in [-0.3, -0.25) is 0 Å².